The maximum atomic E-state index is 13.5. The second kappa shape index (κ2) is 8.25. The molecule has 1 saturated carbocycles. The molecule has 0 bridgehead atoms. The van der Waals surface area contributed by atoms with Gasteiger partial charge in [0.15, 0.2) is 0 Å². The molecule has 0 radical (unpaired) electrons. The summed E-state index contributed by atoms with van der Waals surface area (Å²) in [5.41, 5.74) is 1.18. The fraction of sp³-hybridized carbons (Fsp3) is 0.409. The summed E-state index contributed by atoms with van der Waals surface area (Å²) in [5, 5.41) is 0. The number of carbonyl (C=O) groups is 1. The Morgan fingerprint density at radius 2 is 1.86 bits per heavy atom. The van der Waals surface area contributed by atoms with Crippen LogP contribution in [-0.2, 0) is 24.0 Å². The highest BCUT2D eigenvalue weighted by atomic mass is 19.4. The number of ether oxygens (including phenoxy) is 2. The minimum atomic E-state index is -4.57. The predicted molar refractivity (Wildman–Crippen MR) is 99.5 cm³/mol. The monoisotopic (exact) mass is 392 g/mol. The van der Waals surface area contributed by atoms with Crippen LogP contribution in [0.2, 0.25) is 0 Å². The Bertz CT molecular complexity index is 855. The van der Waals surface area contributed by atoms with Crippen LogP contribution >= 0.6 is 0 Å². The summed E-state index contributed by atoms with van der Waals surface area (Å²) in [4.78, 5) is 11.6. The van der Waals surface area contributed by atoms with Crippen LogP contribution in [0.3, 0.4) is 0 Å². The summed E-state index contributed by atoms with van der Waals surface area (Å²) < 4.78 is 51.4. The highest BCUT2D eigenvalue weighted by Gasteiger charge is 2.35. The first-order chi connectivity index (χ1) is 13.3. The molecule has 0 heterocycles. The van der Waals surface area contributed by atoms with E-state index in [1.165, 1.54) is 17.7 Å². The van der Waals surface area contributed by atoms with Gasteiger partial charge in [-0.3, -0.25) is 4.79 Å². The molecule has 0 aliphatic heterocycles. The van der Waals surface area contributed by atoms with Crippen molar-refractivity contribution in [1.29, 1.82) is 0 Å². The maximum absolute atomic E-state index is 13.5. The second-order valence-corrected chi connectivity index (χ2v) is 6.90. The van der Waals surface area contributed by atoms with E-state index in [0.717, 1.165) is 30.9 Å². The van der Waals surface area contributed by atoms with Gasteiger partial charge in [0.25, 0.3) is 0 Å². The van der Waals surface area contributed by atoms with E-state index in [9.17, 15) is 18.0 Å². The highest BCUT2D eigenvalue weighted by Crippen LogP contribution is 2.45. The van der Waals surface area contributed by atoms with Gasteiger partial charge in [-0.2, -0.15) is 13.2 Å². The van der Waals surface area contributed by atoms with Gasteiger partial charge in [-0.05, 0) is 54.5 Å². The van der Waals surface area contributed by atoms with Gasteiger partial charge in [0.05, 0.1) is 5.56 Å². The van der Waals surface area contributed by atoms with Crippen LogP contribution in [-0.4, -0.2) is 5.97 Å². The van der Waals surface area contributed by atoms with Crippen LogP contribution in [0.15, 0.2) is 36.4 Å². The van der Waals surface area contributed by atoms with Crippen molar-refractivity contribution in [2.75, 3.05) is 0 Å². The molecule has 0 spiro atoms. The number of hydrogen-bond acceptors (Lipinski definition) is 3. The van der Waals surface area contributed by atoms with Crippen LogP contribution in [0.4, 0.5) is 13.2 Å². The predicted octanol–water partition coefficient (Wildman–Crippen LogP) is 6.04. The lowest BCUT2D eigenvalue weighted by Gasteiger charge is -2.18. The van der Waals surface area contributed by atoms with E-state index in [0.29, 0.717) is 11.7 Å². The number of halogens is 3. The van der Waals surface area contributed by atoms with Crippen molar-refractivity contribution in [1.82, 2.24) is 0 Å². The van der Waals surface area contributed by atoms with E-state index >= 15 is 0 Å². The zero-order valence-corrected chi connectivity index (χ0v) is 15.9. The average Bonchev–Trinajstić information content (AvgIpc) is 3.51. The second-order valence-electron chi connectivity index (χ2n) is 6.90. The number of alkyl halides is 3. The first-order valence-corrected chi connectivity index (χ1v) is 9.48. The summed E-state index contributed by atoms with van der Waals surface area (Å²) >= 11 is 0. The van der Waals surface area contributed by atoms with Crippen molar-refractivity contribution < 1.29 is 27.4 Å². The molecule has 6 heteroatoms. The highest BCUT2D eigenvalue weighted by molar-refractivity contribution is 5.72. The molecule has 0 unspecified atom stereocenters. The van der Waals surface area contributed by atoms with Gasteiger partial charge in [0.2, 0.25) is 0 Å². The first kappa shape index (κ1) is 20.2. The molecule has 1 aliphatic carbocycles. The number of esters is 1. The SMILES string of the molecule is CCC(=O)Oc1cccc(C(F)(F)F)c1COc1ccc(CC)cc1C1CC1. The fourth-order valence-corrected chi connectivity index (χ4v) is 3.08. The minimum Gasteiger partial charge on any atom is -0.488 e. The Morgan fingerprint density at radius 1 is 1.11 bits per heavy atom. The van der Waals surface area contributed by atoms with Gasteiger partial charge >= 0.3 is 12.1 Å². The quantitative estimate of drug-likeness (QED) is 0.426. The molecule has 150 valence electrons. The molecule has 0 amide bonds. The van der Waals surface area contributed by atoms with Crippen molar-refractivity contribution in [2.45, 2.75) is 58.2 Å². The van der Waals surface area contributed by atoms with Gasteiger partial charge in [-0.25, -0.2) is 0 Å². The normalized spacial score (nSPS) is 14.0. The van der Waals surface area contributed by atoms with Gasteiger partial charge < -0.3 is 9.47 Å². The van der Waals surface area contributed by atoms with Crippen molar-refractivity contribution in [3.05, 3.63) is 58.7 Å². The van der Waals surface area contributed by atoms with E-state index in [-0.39, 0.29) is 24.3 Å². The lowest BCUT2D eigenvalue weighted by atomic mass is 10.0. The summed E-state index contributed by atoms with van der Waals surface area (Å²) in [6.07, 6.45) is -1.50. The van der Waals surface area contributed by atoms with Crippen molar-refractivity contribution in [3.63, 3.8) is 0 Å². The largest absolute Gasteiger partial charge is 0.488 e. The number of aryl methyl sites for hydroxylation is 1. The molecular formula is C22H23F3O3. The van der Waals surface area contributed by atoms with E-state index in [1.807, 2.05) is 12.1 Å². The molecule has 0 atom stereocenters. The Balaban J connectivity index is 1.92. The minimum absolute atomic E-state index is 0.0703. The third-order valence-corrected chi connectivity index (χ3v) is 4.82. The van der Waals surface area contributed by atoms with Crippen LogP contribution < -0.4 is 9.47 Å². The third-order valence-electron chi connectivity index (χ3n) is 4.82. The molecular weight excluding hydrogens is 369 g/mol. The van der Waals surface area contributed by atoms with E-state index in [1.54, 1.807) is 6.92 Å². The molecule has 28 heavy (non-hydrogen) atoms. The summed E-state index contributed by atoms with van der Waals surface area (Å²) in [7, 11) is 0. The first-order valence-electron chi connectivity index (χ1n) is 9.48. The Labute approximate surface area is 162 Å². The van der Waals surface area contributed by atoms with Crippen LogP contribution in [0, 0.1) is 0 Å². The molecule has 0 N–H and O–H groups in total. The third kappa shape index (κ3) is 4.66. The van der Waals surface area contributed by atoms with Crippen molar-refractivity contribution in [3.8, 4) is 11.5 Å². The zero-order valence-electron chi connectivity index (χ0n) is 15.9. The molecule has 1 aliphatic rings. The van der Waals surface area contributed by atoms with Crippen molar-refractivity contribution in [2.24, 2.45) is 0 Å². The van der Waals surface area contributed by atoms with Gasteiger partial charge in [0, 0.05) is 12.0 Å². The van der Waals surface area contributed by atoms with Crippen molar-refractivity contribution >= 4 is 5.97 Å². The van der Waals surface area contributed by atoms with Gasteiger partial charge in [0.1, 0.15) is 18.1 Å². The standard InChI is InChI=1S/C22H23F3O3/c1-3-14-8-11-19(16(12-14)15-9-10-15)27-13-17-18(22(23,24)25)6-5-7-20(17)28-21(26)4-2/h5-8,11-12,15H,3-4,9-10,13H2,1-2H3. The van der Waals surface area contributed by atoms with E-state index in [2.05, 4.69) is 13.0 Å². The Hall–Kier alpha value is -2.50. The molecule has 3 nitrogen and oxygen atoms in total. The smallest absolute Gasteiger partial charge is 0.416 e. The number of rotatable bonds is 7. The van der Waals surface area contributed by atoms with Crippen LogP contribution in [0.25, 0.3) is 0 Å². The lowest BCUT2D eigenvalue weighted by Crippen LogP contribution is -2.15. The number of hydrogen-bond donors (Lipinski definition) is 0. The fourth-order valence-electron chi connectivity index (χ4n) is 3.08. The Morgan fingerprint density at radius 3 is 2.46 bits per heavy atom. The maximum Gasteiger partial charge on any atom is 0.416 e. The molecule has 0 saturated heterocycles. The zero-order chi connectivity index (χ0) is 20.3. The summed E-state index contributed by atoms with van der Waals surface area (Å²) in [6, 6.07) is 9.39. The average molecular weight is 392 g/mol. The van der Waals surface area contributed by atoms with E-state index < -0.39 is 17.7 Å². The molecule has 0 aromatic heterocycles. The van der Waals surface area contributed by atoms with Crippen LogP contribution in [0.5, 0.6) is 11.5 Å². The lowest BCUT2D eigenvalue weighted by molar-refractivity contribution is -0.140. The van der Waals surface area contributed by atoms with Crippen LogP contribution in [0.1, 0.15) is 61.3 Å². The number of carbonyl (C=O) groups excluding carboxylic acids is 1. The molecule has 2 aromatic rings. The van der Waals surface area contributed by atoms with Gasteiger partial charge in [-0.1, -0.05) is 32.0 Å². The molecule has 1 fully saturated rings. The Kier molecular flexibility index (Phi) is 5.96. The summed E-state index contributed by atoms with van der Waals surface area (Å²) in [5.74, 6) is 0.285. The van der Waals surface area contributed by atoms with Gasteiger partial charge in [-0.15, -0.1) is 0 Å². The van der Waals surface area contributed by atoms with E-state index in [4.69, 9.17) is 9.47 Å². The number of benzene rings is 2. The molecule has 2 aromatic carbocycles. The topological polar surface area (TPSA) is 35.5 Å². The summed E-state index contributed by atoms with van der Waals surface area (Å²) in [6.45, 7) is 3.32. The molecule has 3 rings (SSSR count).